The van der Waals surface area contributed by atoms with E-state index in [1.165, 1.54) is 57.8 Å². The lowest BCUT2D eigenvalue weighted by atomic mass is 9.88. The molecule has 1 nitrogen and oxygen atoms in total. The Hall–Kier alpha value is -0.980. The molecule has 1 heteroatoms. The molecular formula is C18H30O. The first-order chi connectivity index (χ1) is 9.29. The van der Waals surface area contributed by atoms with Crippen LogP contribution in [0.15, 0.2) is 24.3 Å². The number of hydrogen-bond acceptors (Lipinski definition) is 1. The summed E-state index contributed by atoms with van der Waals surface area (Å²) in [6, 6.07) is 7.86. The Morgan fingerprint density at radius 3 is 2.21 bits per heavy atom. The lowest BCUT2D eigenvalue weighted by molar-refractivity contribution is 0.445. The lowest BCUT2D eigenvalue weighted by Gasteiger charge is -2.17. The van der Waals surface area contributed by atoms with E-state index in [2.05, 4.69) is 19.9 Å². The van der Waals surface area contributed by atoms with Crippen LogP contribution in [0.3, 0.4) is 0 Å². The minimum absolute atomic E-state index is 0.479. The van der Waals surface area contributed by atoms with Crippen molar-refractivity contribution in [1.29, 1.82) is 0 Å². The first-order valence-electron chi connectivity index (χ1n) is 8.07. The van der Waals surface area contributed by atoms with Crippen LogP contribution in [0.25, 0.3) is 0 Å². The second kappa shape index (κ2) is 9.89. The maximum atomic E-state index is 9.98. The molecule has 0 bridgehead atoms. The Bertz CT molecular complexity index is 332. The Labute approximate surface area is 119 Å². The topological polar surface area (TPSA) is 20.2 Å². The van der Waals surface area contributed by atoms with Crippen molar-refractivity contribution in [3.8, 4) is 5.75 Å². The number of hydrogen-bond donors (Lipinski definition) is 1. The van der Waals surface area contributed by atoms with Gasteiger partial charge in [0.1, 0.15) is 5.75 Å². The molecule has 0 saturated heterocycles. The predicted molar refractivity (Wildman–Crippen MR) is 83.7 cm³/mol. The second-order valence-electron chi connectivity index (χ2n) is 5.60. The molecule has 0 aliphatic rings. The molecule has 1 atom stereocenters. The Morgan fingerprint density at radius 2 is 1.53 bits per heavy atom. The van der Waals surface area contributed by atoms with Gasteiger partial charge in [0.05, 0.1) is 0 Å². The normalized spacial score (nSPS) is 12.5. The maximum Gasteiger partial charge on any atom is 0.119 e. The van der Waals surface area contributed by atoms with E-state index < -0.39 is 0 Å². The van der Waals surface area contributed by atoms with Gasteiger partial charge in [0.2, 0.25) is 0 Å². The minimum Gasteiger partial charge on any atom is -0.508 e. The van der Waals surface area contributed by atoms with Gasteiger partial charge in [0.25, 0.3) is 0 Å². The molecule has 1 N–H and O–H groups in total. The van der Waals surface area contributed by atoms with Crippen LogP contribution < -0.4 is 0 Å². The van der Waals surface area contributed by atoms with Crippen LogP contribution >= 0.6 is 0 Å². The zero-order chi connectivity index (χ0) is 13.9. The molecule has 108 valence electrons. The van der Waals surface area contributed by atoms with Crippen LogP contribution in [0.4, 0.5) is 0 Å². The van der Waals surface area contributed by atoms with E-state index in [4.69, 9.17) is 0 Å². The lowest BCUT2D eigenvalue weighted by Crippen LogP contribution is -1.99. The zero-order valence-corrected chi connectivity index (χ0v) is 12.7. The monoisotopic (exact) mass is 262 g/mol. The molecule has 1 unspecified atom stereocenters. The molecule has 0 aliphatic heterocycles. The van der Waals surface area contributed by atoms with Gasteiger partial charge in [0.15, 0.2) is 0 Å². The molecule has 1 aromatic rings. The summed E-state index contributed by atoms with van der Waals surface area (Å²) in [5, 5.41) is 9.98. The number of rotatable bonds is 10. The Kier molecular flexibility index (Phi) is 8.36. The summed E-state index contributed by atoms with van der Waals surface area (Å²) in [4.78, 5) is 0. The summed E-state index contributed by atoms with van der Waals surface area (Å²) >= 11 is 0. The van der Waals surface area contributed by atoms with Gasteiger partial charge in [-0.2, -0.15) is 0 Å². The predicted octanol–water partition coefficient (Wildman–Crippen LogP) is 6.03. The number of aromatic hydroxyl groups is 1. The number of unbranched alkanes of at least 4 members (excludes halogenated alkanes) is 5. The van der Waals surface area contributed by atoms with Crippen LogP contribution in [0.2, 0.25) is 0 Å². The molecule has 0 amide bonds. The van der Waals surface area contributed by atoms with Crippen molar-refractivity contribution >= 4 is 0 Å². The van der Waals surface area contributed by atoms with Gasteiger partial charge in [-0.15, -0.1) is 0 Å². The van der Waals surface area contributed by atoms with E-state index in [9.17, 15) is 5.11 Å². The molecule has 0 spiro atoms. The van der Waals surface area contributed by atoms with Crippen LogP contribution in [-0.4, -0.2) is 5.11 Å². The van der Waals surface area contributed by atoms with Crippen LogP contribution in [0.5, 0.6) is 5.75 Å². The highest BCUT2D eigenvalue weighted by Crippen LogP contribution is 2.33. The quantitative estimate of drug-likeness (QED) is 0.511. The molecule has 1 rings (SSSR count). The first kappa shape index (κ1) is 16.1. The van der Waals surface area contributed by atoms with Crippen LogP contribution in [0.1, 0.15) is 83.1 Å². The van der Waals surface area contributed by atoms with Crippen LogP contribution in [0, 0.1) is 0 Å². The summed E-state index contributed by atoms with van der Waals surface area (Å²) in [5.74, 6) is 1.02. The first-order valence-corrected chi connectivity index (χ1v) is 8.07. The van der Waals surface area contributed by atoms with Gasteiger partial charge < -0.3 is 5.11 Å². The average molecular weight is 262 g/mol. The maximum absolute atomic E-state index is 9.98. The van der Waals surface area contributed by atoms with Crippen molar-refractivity contribution in [2.45, 2.75) is 77.6 Å². The highest BCUT2D eigenvalue weighted by molar-refractivity contribution is 5.34. The van der Waals surface area contributed by atoms with E-state index in [-0.39, 0.29) is 0 Å². The molecule has 0 radical (unpaired) electrons. The Morgan fingerprint density at radius 1 is 0.842 bits per heavy atom. The largest absolute Gasteiger partial charge is 0.508 e. The second-order valence-corrected chi connectivity index (χ2v) is 5.60. The SMILES string of the molecule is CCCCCCCCC(CCC)c1ccccc1O. The van der Waals surface area contributed by atoms with E-state index in [1.807, 2.05) is 18.2 Å². The fourth-order valence-corrected chi connectivity index (χ4v) is 2.81. The van der Waals surface area contributed by atoms with Gasteiger partial charge in [-0.3, -0.25) is 0 Å². The van der Waals surface area contributed by atoms with Crippen molar-refractivity contribution in [3.63, 3.8) is 0 Å². The smallest absolute Gasteiger partial charge is 0.119 e. The molecule has 0 aromatic heterocycles. The highest BCUT2D eigenvalue weighted by Gasteiger charge is 2.13. The fourth-order valence-electron chi connectivity index (χ4n) is 2.81. The number of para-hydroxylation sites is 1. The third kappa shape index (κ3) is 6.13. The zero-order valence-electron chi connectivity index (χ0n) is 12.7. The molecule has 0 aliphatic carbocycles. The van der Waals surface area contributed by atoms with E-state index in [0.717, 1.165) is 5.56 Å². The van der Waals surface area contributed by atoms with E-state index >= 15 is 0 Å². The molecule has 0 heterocycles. The molecular weight excluding hydrogens is 232 g/mol. The molecule has 0 fully saturated rings. The highest BCUT2D eigenvalue weighted by atomic mass is 16.3. The van der Waals surface area contributed by atoms with Crippen LogP contribution in [-0.2, 0) is 0 Å². The Balaban J connectivity index is 2.39. The average Bonchev–Trinajstić information content (AvgIpc) is 2.42. The number of phenolic OH excluding ortho intramolecular Hbond substituents is 1. The van der Waals surface area contributed by atoms with E-state index in [0.29, 0.717) is 11.7 Å². The summed E-state index contributed by atoms with van der Waals surface area (Å²) in [6.07, 6.45) is 11.7. The number of phenols is 1. The van der Waals surface area contributed by atoms with Crippen molar-refractivity contribution in [1.82, 2.24) is 0 Å². The minimum atomic E-state index is 0.479. The molecule has 0 saturated carbocycles. The third-order valence-corrected chi connectivity index (χ3v) is 3.92. The van der Waals surface area contributed by atoms with Crippen molar-refractivity contribution in [2.75, 3.05) is 0 Å². The van der Waals surface area contributed by atoms with Gasteiger partial charge in [-0.25, -0.2) is 0 Å². The van der Waals surface area contributed by atoms with Crippen molar-refractivity contribution < 1.29 is 5.11 Å². The summed E-state index contributed by atoms with van der Waals surface area (Å²) in [6.45, 7) is 4.49. The fraction of sp³-hybridized carbons (Fsp3) is 0.667. The van der Waals surface area contributed by atoms with Gasteiger partial charge in [0, 0.05) is 0 Å². The van der Waals surface area contributed by atoms with Gasteiger partial charge >= 0.3 is 0 Å². The summed E-state index contributed by atoms with van der Waals surface area (Å²) in [5.41, 5.74) is 1.15. The standard InChI is InChI=1S/C18H30O/c1-3-5-6-7-8-9-13-16(12-4-2)17-14-10-11-15-18(17)19/h10-11,14-16,19H,3-9,12-13H2,1-2H3. The van der Waals surface area contributed by atoms with Crippen molar-refractivity contribution in [2.24, 2.45) is 0 Å². The molecule has 19 heavy (non-hydrogen) atoms. The van der Waals surface area contributed by atoms with Gasteiger partial charge in [-0.05, 0) is 30.4 Å². The summed E-state index contributed by atoms with van der Waals surface area (Å²) < 4.78 is 0. The molecule has 1 aromatic carbocycles. The summed E-state index contributed by atoms with van der Waals surface area (Å²) in [7, 11) is 0. The van der Waals surface area contributed by atoms with E-state index in [1.54, 1.807) is 0 Å². The number of benzene rings is 1. The van der Waals surface area contributed by atoms with Gasteiger partial charge in [-0.1, -0.05) is 77.0 Å². The van der Waals surface area contributed by atoms with Crippen molar-refractivity contribution in [3.05, 3.63) is 29.8 Å². The third-order valence-electron chi connectivity index (χ3n) is 3.92.